The van der Waals surface area contributed by atoms with E-state index in [2.05, 4.69) is 26.2 Å². The molecule has 21 heavy (non-hydrogen) atoms. The molecular formula is C14H11BrN2O4. The van der Waals surface area contributed by atoms with Crippen molar-refractivity contribution in [3.05, 3.63) is 52.3 Å². The molecule has 1 amide bonds. The zero-order chi connectivity index (χ0) is 15.4. The number of benzene rings is 1. The third kappa shape index (κ3) is 3.57. The first-order chi connectivity index (χ1) is 10.0. The molecule has 1 aromatic carbocycles. The summed E-state index contributed by atoms with van der Waals surface area (Å²) in [6, 6.07) is 7.79. The Balaban J connectivity index is 2.15. The number of carboxylic acid groups (broad SMARTS) is 1. The van der Waals surface area contributed by atoms with Crippen molar-refractivity contribution in [1.29, 1.82) is 0 Å². The van der Waals surface area contributed by atoms with Gasteiger partial charge in [-0.05, 0) is 40.2 Å². The molecule has 0 unspecified atom stereocenters. The smallest absolute Gasteiger partial charge is 0.337 e. The monoisotopic (exact) mass is 350 g/mol. The number of anilines is 1. The summed E-state index contributed by atoms with van der Waals surface area (Å²) >= 11 is 3.32. The molecule has 2 aromatic rings. The number of aromatic nitrogens is 1. The average molecular weight is 351 g/mol. The minimum Gasteiger partial charge on any atom is -0.495 e. The summed E-state index contributed by atoms with van der Waals surface area (Å²) in [6.07, 6.45) is 1.14. The molecule has 1 heterocycles. The van der Waals surface area contributed by atoms with E-state index in [1.54, 1.807) is 18.2 Å². The van der Waals surface area contributed by atoms with Crippen LogP contribution in [0.2, 0.25) is 0 Å². The van der Waals surface area contributed by atoms with Crippen molar-refractivity contribution in [3.8, 4) is 5.75 Å². The van der Waals surface area contributed by atoms with E-state index in [0.717, 1.165) is 10.7 Å². The fraction of sp³-hybridized carbons (Fsp3) is 0.0714. The van der Waals surface area contributed by atoms with Gasteiger partial charge in [-0.15, -0.1) is 0 Å². The Kier molecular flexibility index (Phi) is 4.54. The van der Waals surface area contributed by atoms with E-state index in [1.165, 1.54) is 19.2 Å². The second-order valence-electron chi connectivity index (χ2n) is 4.04. The van der Waals surface area contributed by atoms with E-state index < -0.39 is 11.9 Å². The van der Waals surface area contributed by atoms with Gasteiger partial charge in [-0.3, -0.25) is 9.78 Å². The number of halogens is 1. The predicted octanol–water partition coefficient (Wildman–Crippen LogP) is 2.80. The summed E-state index contributed by atoms with van der Waals surface area (Å²) in [7, 11) is 1.53. The van der Waals surface area contributed by atoms with Gasteiger partial charge in [-0.1, -0.05) is 0 Å². The highest BCUT2D eigenvalue weighted by atomic mass is 79.9. The molecule has 0 aliphatic carbocycles. The van der Waals surface area contributed by atoms with Crippen molar-refractivity contribution in [2.24, 2.45) is 0 Å². The molecule has 2 N–H and O–H groups in total. The standard InChI is InChI=1S/C14H11BrN2O4/c1-21-12-6-9(3-4-10(12)15)17-13(18)11-5-2-8(7-16-11)14(19)20/h2-7H,1H3,(H,17,18)(H,19,20). The summed E-state index contributed by atoms with van der Waals surface area (Å²) in [5.41, 5.74) is 0.697. The van der Waals surface area contributed by atoms with Crippen LogP contribution >= 0.6 is 15.9 Å². The van der Waals surface area contributed by atoms with Crippen LogP contribution in [0, 0.1) is 0 Å². The van der Waals surface area contributed by atoms with E-state index in [0.29, 0.717) is 11.4 Å². The molecule has 0 spiro atoms. The maximum atomic E-state index is 12.0. The van der Waals surface area contributed by atoms with Crippen molar-refractivity contribution >= 4 is 33.5 Å². The molecule has 0 bridgehead atoms. The molecule has 1 aromatic heterocycles. The van der Waals surface area contributed by atoms with Crippen LogP contribution in [-0.4, -0.2) is 29.1 Å². The topological polar surface area (TPSA) is 88.5 Å². The van der Waals surface area contributed by atoms with Crippen LogP contribution in [0.4, 0.5) is 5.69 Å². The number of nitrogens with zero attached hydrogens (tertiary/aromatic N) is 1. The fourth-order valence-corrected chi connectivity index (χ4v) is 2.00. The summed E-state index contributed by atoms with van der Waals surface area (Å²) in [5.74, 6) is -0.939. The van der Waals surface area contributed by atoms with Crippen molar-refractivity contribution in [2.45, 2.75) is 0 Å². The lowest BCUT2D eigenvalue weighted by Gasteiger charge is -2.08. The number of carbonyl (C=O) groups is 2. The maximum Gasteiger partial charge on any atom is 0.337 e. The first kappa shape index (κ1) is 15.0. The van der Waals surface area contributed by atoms with Crippen LogP contribution in [0.25, 0.3) is 0 Å². The number of ether oxygens (including phenoxy) is 1. The van der Waals surface area contributed by atoms with E-state index >= 15 is 0 Å². The third-order valence-corrected chi connectivity index (χ3v) is 3.31. The number of methoxy groups -OCH3 is 1. The zero-order valence-electron chi connectivity index (χ0n) is 11.0. The van der Waals surface area contributed by atoms with Crippen LogP contribution in [0.5, 0.6) is 5.75 Å². The van der Waals surface area contributed by atoms with Crippen molar-refractivity contribution in [1.82, 2.24) is 4.98 Å². The first-order valence-electron chi connectivity index (χ1n) is 5.85. The number of rotatable bonds is 4. The van der Waals surface area contributed by atoms with Crippen LogP contribution in [0.3, 0.4) is 0 Å². The molecule has 6 nitrogen and oxygen atoms in total. The molecule has 0 atom stereocenters. The van der Waals surface area contributed by atoms with E-state index in [4.69, 9.17) is 9.84 Å². The van der Waals surface area contributed by atoms with Gasteiger partial charge in [0.05, 0.1) is 17.1 Å². The Hall–Kier alpha value is -2.41. The largest absolute Gasteiger partial charge is 0.495 e. The lowest BCUT2D eigenvalue weighted by molar-refractivity contribution is 0.0696. The average Bonchev–Trinajstić information content (AvgIpc) is 2.49. The van der Waals surface area contributed by atoms with Crippen LogP contribution in [0.1, 0.15) is 20.8 Å². The number of nitrogens with one attached hydrogen (secondary N) is 1. The summed E-state index contributed by atoms with van der Waals surface area (Å²) in [5, 5.41) is 11.4. The number of amides is 1. The molecule has 108 valence electrons. The Bertz CT molecular complexity index is 686. The zero-order valence-corrected chi connectivity index (χ0v) is 12.5. The van der Waals surface area contributed by atoms with Crippen molar-refractivity contribution in [2.75, 3.05) is 12.4 Å². The molecule has 0 aliphatic heterocycles. The maximum absolute atomic E-state index is 12.0. The third-order valence-electron chi connectivity index (χ3n) is 2.65. The Morgan fingerprint density at radius 3 is 2.62 bits per heavy atom. The fourth-order valence-electron chi connectivity index (χ4n) is 1.59. The predicted molar refractivity (Wildman–Crippen MR) is 79.8 cm³/mol. The van der Waals surface area contributed by atoms with Gasteiger partial charge < -0.3 is 15.2 Å². The first-order valence-corrected chi connectivity index (χ1v) is 6.65. The van der Waals surface area contributed by atoms with Gasteiger partial charge in [0.25, 0.3) is 5.91 Å². The van der Waals surface area contributed by atoms with Gasteiger partial charge in [-0.25, -0.2) is 4.79 Å². The SMILES string of the molecule is COc1cc(NC(=O)c2ccc(C(=O)O)cn2)ccc1Br. The van der Waals surface area contributed by atoms with Gasteiger partial charge >= 0.3 is 5.97 Å². The number of hydrogen-bond acceptors (Lipinski definition) is 4. The highest BCUT2D eigenvalue weighted by molar-refractivity contribution is 9.10. The number of carboxylic acids is 1. The van der Waals surface area contributed by atoms with Gasteiger partial charge in [0.2, 0.25) is 0 Å². The molecule has 0 radical (unpaired) electrons. The Labute approximate surface area is 128 Å². The van der Waals surface area contributed by atoms with E-state index in [9.17, 15) is 9.59 Å². The Morgan fingerprint density at radius 1 is 1.29 bits per heavy atom. The molecular weight excluding hydrogens is 340 g/mol. The molecule has 0 fully saturated rings. The molecule has 7 heteroatoms. The second kappa shape index (κ2) is 6.36. The normalized spacial score (nSPS) is 10.0. The highest BCUT2D eigenvalue weighted by Crippen LogP contribution is 2.27. The lowest BCUT2D eigenvalue weighted by atomic mass is 10.2. The van der Waals surface area contributed by atoms with Gasteiger partial charge in [-0.2, -0.15) is 0 Å². The molecule has 0 saturated heterocycles. The van der Waals surface area contributed by atoms with Crippen LogP contribution in [0.15, 0.2) is 41.0 Å². The van der Waals surface area contributed by atoms with Crippen molar-refractivity contribution < 1.29 is 19.4 Å². The second-order valence-corrected chi connectivity index (χ2v) is 4.90. The van der Waals surface area contributed by atoms with Crippen molar-refractivity contribution in [3.63, 3.8) is 0 Å². The van der Waals surface area contributed by atoms with E-state index in [-0.39, 0.29) is 11.3 Å². The molecule has 0 aliphatic rings. The number of aromatic carboxylic acids is 1. The van der Waals surface area contributed by atoms with Crippen LogP contribution in [-0.2, 0) is 0 Å². The van der Waals surface area contributed by atoms with Gasteiger partial charge in [0, 0.05) is 18.0 Å². The number of carbonyl (C=O) groups excluding carboxylic acids is 1. The highest BCUT2D eigenvalue weighted by Gasteiger charge is 2.11. The number of hydrogen-bond donors (Lipinski definition) is 2. The van der Waals surface area contributed by atoms with Gasteiger partial charge in [0.1, 0.15) is 11.4 Å². The minimum absolute atomic E-state index is 0.0249. The molecule has 0 saturated carbocycles. The number of pyridine rings is 1. The summed E-state index contributed by atoms with van der Waals surface area (Å²) in [6.45, 7) is 0. The summed E-state index contributed by atoms with van der Waals surface area (Å²) in [4.78, 5) is 26.5. The Morgan fingerprint density at radius 2 is 2.05 bits per heavy atom. The summed E-state index contributed by atoms with van der Waals surface area (Å²) < 4.78 is 5.91. The quantitative estimate of drug-likeness (QED) is 0.884. The van der Waals surface area contributed by atoms with Crippen LogP contribution < -0.4 is 10.1 Å². The molecule has 2 rings (SSSR count). The minimum atomic E-state index is -1.09. The van der Waals surface area contributed by atoms with E-state index in [1.807, 2.05) is 0 Å². The lowest BCUT2D eigenvalue weighted by Crippen LogP contribution is -2.14. The van der Waals surface area contributed by atoms with Gasteiger partial charge in [0.15, 0.2) is 0 Å².